The number of anilines is 1. The second-order valence-corrected chi connectivity index (χ2v) is 3.04. The van der Waals surface area contributed by atoms with Gasteiger partial charge in [-0.3, -0.25) is 9.89 Å². The summed E-state index contributed by atoms with van der Waals surface area (Å²) in [4.78, 5) is 23.2. The first-order chi connectivity index (χ1) is 7.79. The second-order valence-electron chi connectivity index (χ2n) is 3.04. The lowest BCUT2D eigenvalue weighted by molar-refractivity contribution is 0.101. The van der Waals surface area contributed by atoms with Crippen LogP contribution >= 0.6 is 0 Å². The van der Waals surface area contributed by atoms with E-state index in [4.69, 9.17) is 0 Å². The van der Waals surface area contributed by atoms with Crippen LogP contribution < -0.4 is 5.32 Å². The number of aromatic nitrogens is 5. The van der Waals surface area contributed by atoms with Gasteiger partial charge in [0.25, 0.3) is 5.91 Å². The molecule has 2 N–H and O–H groups in total. The van der Waals surface area contributed by atoms with Crippen molar-refractivity contribution in [3.8, 4) is 0 Å². The molecule has 82 valence electrons. The standard InChI is InChI=1S/C9H10N6O/c1-2-7-13-8(15-14-7)9(16)12-6-3-10-5-11-4-6/h3-5H,2H2,1H3,(H,12,16)(H,13,14,15). The minimum Gasteiger partial charge on any atom is -0.317 e. The number of rotatable bonds is 3. The Bertz CT molecular complexity index is 480. The molecule has 0 aliphatic carbocycles. The number of H-pyrrole nitrogens is 1. The van der Waals surface area contributed by atoms with Crippen LogP contribution in [0.4, 0.5) is 5.69 Å². The highest BCUT2D eigenvalue weighted by atomic mass is 16.2. The van der Waals surface area contributed by atoms with Crippen molar-refractivity contribution in [1.82, 2.24) is 25.1 Å². The average molecular weight is 218 g/mol. The van der Waals surface area contributed by atoms with Crippen molar-refractivity contribution in [1.29, 1.82) is 0 Å². The summed E-state index contributed by atoms with van der Waals surface area (Å²) in [5.41, 5.74) is 0.510. The lowest BCUT2D eigenvalue weighted by Gasteiger charge is -1.99. The molecular formula is C9H10N6O. The van der Waals surface area contributed by atoms with Crippen LogP contribution in [0.15, 0.2) is 18.7 Å². The Morgan fingerprint density at radius 3 is 2.81 bits per heavy atom. The highest BCUT2D eigenvalue weighted by molar-refractivity contribution is 6.01. The number of hydrogen-bond donors (Lipinski definition) is 2. The van der Waals surface area contributed by atoms with Crippen LogP contribution in [-0.2, 0) is 6.42 Å². The number of hydrogen-bond acceptors (Lipinski definition) is 5. The topological polar surface area (TPSA) is 96.5 Å². The van der Waals surface area contributed by atoms with Crippen molar-refractivity contribution in [2.75, 3.05) is 5.32 Å². The zero-order chi connectivity index (χ0) is 11.4. The van der Waals surface area contributed by atoms with Crippen LogP contribution in [0.2, 0.25) is 0 Å². The first kappa shape index (κ1) is 10.2. The Morgan fingerprint density at radius 2 is 2.19 bits per heavy atom. The van der Waals surface area contributed by atoms with Crippen LogP contribution in [0.1, 0.15) is 23.4 Å². The molecule has 7 nitrogen and oxygen atoms in total. The van der Waals surface area contributed by atoms with Gasteiger partial charge in [0.15, 0.2) is 0 Å². The zero-order valence-corrected chi connectivity index (χ0v) is 8.64. The molecule has 2 aromatic rings. The van der Waals surface area contributed by atoms with Crippen LogP contribution in [-0.4, -0.2) is 31.1 Å². The molecule has 0 aromatic carbocycles. The fraction of sp³-hybridized carbons (Fsp3) is 0.222. The summed E-state index contributed by atoms with van der Waals surface area (Å²) in [6.07, 6.45) is 5.09. The first-order valence-corrected chi connectivity index (χ1v) is 4.77. The number of amides is 1. The summed E-state index contributed by atoms with van der Waals surface area (Å²) >= 11 is 0. The Hall–Kier alpha value is -2.31. The molecule has 2 rings (SSSR count). The molecule has 0 aliphatic rings. The number of carbonyl (C=O) groups excluding carboxylic acids is 1. The molecule has 0 fully saturated rings. The van der Waals surface area contributed by atoms with E-state index in [-0.39, 0.29) is 11.7 Å². The third kappa shape index (κ3) is 2.19. The minimum absolute atomic E-state index is 0.112. The highest BCUT2D eigenvalue weighted by Gasteiger charge is 2.11. The van der Waals surface area contributed by atoms with Crippen molar-refractivity contribution < 1.29 is 4.79 Å². The van der Waals surface area contributed by atoms with Gasteiger partial charge >= 0.3 is 0 Å². The van der Waals surface area contributed by atoms with E-state index in [0.717, 1.165) is 0 Å². The van der Waals surface area contributed by atoms with Crippen LogP contribution in [0, 0.1) is 0 Å². The van der Waals surface area contributed by atoms with Crippen LogP contribution in [0.3, 0.4) is 0 Å². The van der Waals surface area contributed by atoms with Gasteiger partial charge in [-0.2, -0.15) is 0 Å². The summed E-state index contributed by atoms with van der Waals surface area (Å²) in [6, 6.07) is 0. The van der Waals surface area contributed by atoms with Crippen LogP contribution in [0.5, 0.6) is 0 Å². The SMILES string of the molecule is CCc1nc(C(=O)Nc2cncnc2)n[nH]1. The Kier molecular flexibility index (Phi) is 2.86. The summed E-state index contributed by atoms with van der Waals surface area (Å²) in [6.45, 7) is 1.92. The molecule has 0 saturated heterocycles. The minimum atomic E-state index is -0.384. The Labute approximate surface area is 91.4 Å². The van der Waals surface area contributed by atoms with Gasteiger partial charge in [-0.1, -0.05) is 6.92 Å². The maximum absolute atomic E-state index is 11.6. The third-order valence-electron chi connectivity index (χ3n) is 1.89. The molecule has 1 amide bonds. The molecular weight excluding hydrogens is 208 g/mol. The average Bonchev–Trinajstić information content (AvgIpc) is 2.79. The molecule has 0 unspecified atom stereocenters. The Balaban J connectivity index is 2.09. The van der Waals surface area contributed by atoms with E-state index in [9.17, 15) is 4.79 Å². The fourth-order valence-corrected chi connectivity index (χ4v) is 1.11. The molecule has 0 atom stereocenters. The van der Waals surface area contributed by atoms with Crippen molar-refractivity contribution in [2.24, 2.45) is 0 Å². The predicted molar refractivity (Wildman–Crippen MR) is 55.7 cm³/mol. The number of aromatic amines is 1. The number of nitrogens with zero attached hydrogens (tertiary/aromatic N) is 4. The van der Waals surface area contributed by atoms with Gasteiger partial charge < -0.3 is 5.32 Å². The second kappa shape index (κ2) is 4.47. The number of aryl methyl sites for hydroxylation is 1. The molecule has 0 aliphatic heterocycles. The smallest absolute Gasteiger partial charge is 0.295 e. The fourth-order valence-electron chi connectivity index (χ4n) is 1.11. The van der Waals surface area contributed by atoms with E-state index in [2.05, 4.69) is 30.5 Å². The van der Waals surface area contributed by atoms with E-state index in [1.54, 1.807) is 0 Å². The Morgan fingerprint density at radius 1 is 1.44 bits per heavy atom. The normalized spacial score (nSPS) is 10.1. The zero-order valence-electron chi connectivity index (χ0n) is 8.64. The summed E-state index contributed by atoms with van der Waals surface area (Å²) in [5.74, 6) is 0.404. The maximum atomic E-state index is 11.6. The molecule has 0 saturated carbocycles. The molecule has 0 bridgehead atoms. The van der Waals surface area contributed by atoms with Crippen molar-refractivity contribution in [2.45, 2.75) is 13.3 Å². The lowest BCUT2D eigenvalue weighted by Crippen LogP contribution is -2.14. The van der Waals surface area contributed by atoms with Crippen molar-refractivity contribution in [3.05, 3.63) is 30.4 Å². The quantitative estimate of drug-likeness (QED) is 0.777. The maximum Gasteiger partial charge on any atom is 0.295 e. The van der Waals surface area contributed by atoms with Gasteiger partial charge in [0.2, 0.25) is 5.82 Å². The van der Waals surface area contributed by atoms with Gasteiger partial charge in [-0.25, -0.2) is 15.0 Å². The molecule has 0 spiro atoms. The van der Waals surface area contributed by atoms with Crippen molar-refractivity contribution in [3.63, 3.8) is 0 Å². The van der Waals surface area contributed by atoms with E-state index in [1.807, 2.05) is 6.92 Å². The lowest BCUT2D eigenvalue weighted by atomic mass is 10.4. The monoisotopic (exact) mass is 218 g/mol. The molecule has 16 heavy (non-hydrogen) atoms. The van der Waals surface area contributed by atoms with E-state index in [0.29, 0.717) is 17.9 Å². The summed E-state index contributed by atoms with van der Waals surface area (Å²) in [7, 11) is 0. The van der Waals surface area contributed by atoms with Gasteiger partial charge in [-0.05, 0) is 0 Å². The van der Waals surface area contributed by atoms with Gasteiger partial charge in [0, 0.05) is 6.42 Å². The molecule has 0 radical (unpaired) electrons. The van der Waals surface area contributed by atoms with Crippen LogP contribution in [0.25, 0.3) is 0 Å². The molecule has 2 aromatic heterocycles. The van der Waals surface area contributed by atoms with Crippen molar-refractivity contribution >= 4 is 11.6 Å². The van der Waals surface area contributed by atoms with E-state index < -0.39 is 0 Å². The summed E-state index contributed by atoms with van der Waals surface area (Å²) in [5, 5.41) is 9.05. The number of nitrogens with one attached hydrogen (secondary N) is 2. The summed E-state index contributed by atoms with van der Waals surface area (Å²) < 4.78 is 0. The molecule has 2 heterocycles. The first-order valence-electron chi connectivity index (χ1n) is 4.77. The third-order valence-corrected chi connectivity index (χ3v) is 1.89. The van der Waals surface area contributed by atoms with Gasteiger partial charge in [0.1, 0.15) is 12.2 Å². The van der Waals surface area contributed by atoms with E-state index in [1.165, 1.54) is 18.7 Å². The van der Waals surface area contributed by atoms with Gasteiger partial charge in [-0.15, -0.1) is 5.10 Å². The largest absolute Gasteiger partial charge is 0.317 e. The van der Waals surface area contributed by atoms with E-state index >= 15 is 0 Å². The molecule has 7 heteroatoms. The predicted octanol–water partition coefficient (Wildman–Crippen LogP) is 0.409. The van der Waals surface area contributed by atoms with Gasteiger partial charge in [0.05, 0.1) is 18.1 Å². The number of carbonyl (C=O) groups is 1. The highest BCUT2D eigenvalue weighted by Crippen LogP contribution is 2.03.